The molecule has 0 aliphatic heterocycles. The molecule has 0 radical (unpaired) electrons. The molecule has 12 rings (SSSR count). The van der Waals surface area contributed by atoms with Crippen LogP contribution in [0.2, 0.25) is 0 Å². The summed E-state index contributed by atoms with van der Waals surface area (Å²) < 4.78 is 3.38. The average molecular weight is 1380 g/mol. The fraction of sp³-hybridized carbons (Fsp3) is 0.326. The van der Waals surface area contributed by atoms with Crippen LogP contribution in [0.25, 0.3) is 22.3 Å². The molecular formula is C86H96Cl2Zr2-2. The maximum atomic E-state index is 3.67. The van der Waals surface area contributed by atoms with Gasteiger partial charge in [0.05, 0.1) is 0 Å². The Morgan fingerprint density at radius 1 is 0.356 bits per heavy atom. The van der Waals surface area contributed by atoms with Crippen LogP contribution in [-0.4, -0.2) is 6.41 Å². The summed E-state index contributed by atoms with van der Waals surface area (Å²) in [5, 5.41) is 0. The van der Waals surface area contributed by atoms with E-state index in [9.17, 15) is 0 Å². The molecule has 464 valence electrons. The third-order valence-electron chi connectivity index (χ3n) is 16.3. The van der Waals surface area contributed by atoms with Gasteiger partial charge in [0.25, 0.3) is 0 Å². The van der Waals surface area contributed by atoms with Gasteiger partial charge < -0.3 is 24.8 Å². The Balaban J connectivity index is 0.000000206. The molecule has 0 aromatic heterocycles. The van der Waals surface area contributed by atoms with Crippen molar-refractivity contribution in [2.45, 2.75) is 182 Å². The third kappa shape index (κ3) is 25.0. The van der Waals surface area contributed by atoms with E-state index in [0.29, 0.717) is 0 Å². The zero-order chi connectivity index (χ0) is 63.2. The van der Waals surface area contributed by atoms with Crippen LogP contribution >= 0.6 is 0 Å². The predicted octanol–water partition coefficient (Wildman–Crippen LogP) is 15.9. The fourth-order valence-electron chi connectivity index (χ4n) is 10.7. The zero-order valence-corrected chi connectivity index (χ0v) is 62.5. The Labute approximate surface area is 587 Å². The van der Waals surface area contributed by atoms with Gasteiger partial charge in [-0.15, -0.1) is 35.1 Å². The van der Waals surface area contributed by atoms with Gasteiger partial charge in [-0.2, -0.15) is 59.7 Å². The summed E-state index contributed by atoms with van der Waals surface area (Å²) in [7, 11) is 0. The normalized spacial score (nSPS) is 12.6. The Kier molecular flexibility index (Phi) is 31.0. The van der Waals surface area contributed by atoms with E-state index >= 15 is 0 Å². The van der Waals surface area contributed by atoms with E-state index in [1.165, 1.54) is 140 Å². The van der Waals surface area contributed by atoms with Crippen molar-refractivity contribution in [1.82, 2.24) is 0 Å². The van der Waals surface area contributed by atoms with Gasteiger partial charge in [-0.05, 0) is 56.8 Å². The molecule has 8 aromatic rings. The number of aryl methyl sites for hydroxylation is 4. The number of hydrogen-bond donors (Lipinski definition) is 0. The van der Waals surface area contributed by atoms with Crippen molar-refractivity contribution < 1.29 is 73.3 Å². The summed E-state index contributed by atoms with van der Waals surface area (Å²) in [6.07, 6.45) is 31.8. The number of hydrogen-bond acceptors (Lipinski definition) is 0. The number of benzene rings is 8. The van der Waals surface area contributed by atoms with E-state index in [0.717, 1.165) is 25.7 Å². The molecule has 4 heteroatoms. The molecule has 0 unspecified atom stereocenters. The Morgan fingerprint density at radius 2 is 0.644 bits per heavy atom. The molecular weight excluding hydrogens is 1290 g/mol. The molecule has 0 spiro atoms. The number of rotatable bonds is 12. The van der Waals surface area contributed by atoms with Gasteiger partial charge in [0, 0.05) is 0 Å². The summed E-state index contributed by atoms with van der Waals surface area (Å²) in [5.74, 6) is 0. The van der Waals surface area contributed by atoms with Crippen molar-refractivity contribution in [2.75, 3.05) is 0 Å². The van der Waals surface area contributed by atoms with Gasteiger partial charge in [-0.3, -0.25) is 12.2 Å². The van der Waals surface area contributed by atoms with E-state index in [2.05, 4.69) is 302 Å². The second-order valence-corrected chi connectivity index (χ2v) is 31.3. The van der Waals surface area contributed by atoms with Crippen LogP contribution in [0, 0.1) is 24.3 Å². The van der Waals surface area contributed by atoms with Crippen LogP contribution < -0.4 is 24.8 Å². The molecule has 8 aromatic carbocycles. The summed E-state index contributed by atoms with van der Waals surface area (Å²) in [6, 6.07) is 73.5. The van der Waals surface area contributed by atoms with Gasteiger partial charge >= 0.3 is 250 Å². The van der Waals surface area contributed by atoms with Crippen LogP contribution in [0.4, 0.5) is 0 Å². The average Bonchev–Trinajstić information content (AvgIpc) is 1.65. The topological polar surface area (TPSA) is 0 Å². The van der Waals surface area contributed by atoms with Gasteiger partial charge in [-0.1, -0.05) is 131 Å². The van der Waals surface area contributed by atoms with E-state index in [-0.39, 0.29) is 46.5 Å². The summed E-state index contributed by atoms with van der Waals surface area (Å²) in [5.41, 5.74) is 23.2. The first-order valence-electron chi connectivity index (χ1n) is 32.1. The second kappa shape index (κ2) is 36.9. The summed E-state index contributed by atoms with van der Waals surface area (Å²) in [4.78, 5) is 0. The third-order valence-corrected chi connectivity index (χ3v) is 18.8. The molecule has 4 aliphatic carbocycles. The van der Waals surface area contributed by atoms with E-state index < -0.39 is 0 Å². The molecule has 0 N–H and O–H groups in total. The minimum atomic E-state index is 0. The maximum absolute atomic E-state index is 3.67. The Bertz CT molecular complexity index is 3140. The van der Waals surface area contributed by atoms with Crippen molar-refractivity contribution in [3.63, 3.8) is 0 Å². The fourth-order valence-corrected chi connectivity index (χ4v) is 12.0. The molecule has 90 heavy (non-hydrogen) atoms. The quantitative estimate of drug-likeness (QED) is 0.107. The van der Waals surface area contributed by atoms with Crippen LogP contribution in [0.3, 0.4) is 0 Å². The number of fused-ring (bicyclic) bond motifs is 6. The summed E-state index contributed by atoms with van der Waals surface area (Å²) in [6.45, 7) is 27.2. The van der Waals surface area contributed by atoms with Crippen molar-refractivity contribution in [3.8, 4) is 22.3 Å². The first-order chi connectivity index (χ1) is 42.0. The predicted molar refractivity (Wildman–Crippen MR) is 374 cm³/mol. The van der Waals surface area contributed by atoms with Gasteiger partial charge in [-0.25, -0.2) is 24.3 Å². The van der Waals surface area contributed by atoms with Crippen molar-refractivity contribution in [3.05, 3.63) is 309 Å². The van der Waals surface area contributed by atoms with Crippen molar-refractivity contribution >= 4 is 6.41 Å². The molecule has 0 saturated carbocycles. The molecule has 0 saturated heterocycles. The van der Waals surface area contributed by atoms with Crippen LogP contribution in [0.1, 0.15) is 188 Å². The SMILES string of the molecule is CC(C)(C)c1[c-]c2c(cc1)-c1ccc(C(C)(C)C)cc1C2.CC(C)(C)c1[c-]c2c(cc1)-c1ccc(C(C)(C)C)cc1C2.[C-]1=CC=CC1.[C-]1=CC=CC1.[Cl-].[Cl-].[Zr+2]=[C](CCc1ccccc1)CCc1ccccc1.[Zr+2]=[C](CCc1ccccc1)CCc1ccccc1. The van der Waals surface area contributed by atoms with Gasteiger partial charge in [0.15, 0.2) is 0 Å². The monoisotopic (exact) mass is 1380 g/mol. The zero-order valence-electron chi connectivity index (χ0n) is 56.0. The Morgan fingerprint density at radius 3 is 0.878 bits per heavy atom. The van der Waals surface area contributed by atoms with E-state index in [1.54, 1.807) is 54.9 Å². The van der Waals surface area contributed by atoms with Gasteiger partial charge in [0.2, 0.25) is 0 Å². The van der Waals surface area contributed by atoms with Crippen molar-refractivity contribution in [1.29, 1.82) is 0 Å². The van der Waals surface area contributed by atoms with Crippen molar-refractivity contribution in [2.24, 2.45) is 0 Å². The molecule has 0 amide bonds. The van der Waals surface area contributed by atoms with Crippen LogP contribution in [0.5, 0.6) is 0 Å². The second-order valence-electron chi connectivity index (χ2n) is 27.8. The van der Waals surface area contributed by atoms with Crippen LogP contribution in [-0.2, 0) is 109 Å². The number of allylic oxidation sites excluding steroid dienone is 8. The van der Waals surface area contributed by atoms with Crippen LogP contribution in [0.15, 0.2) is 218 Å². The standard InChI is InChI=1S/2C21H25.2C17H18.2C5H5.2ClH.2Zr/c2*1-20(2,3)16-7-9-18-14(12-16)11-15-13-17(21(4,5)6)8-10-19(15)18;2*1-4-10-16(11-5-1)14-8-3-9-15-17-12-6-2-7-13-17;2*1-2-4-5-3-1;;;;/h2*7-10,12H,11H2,1-6H3;2*1-2,4-7,10-13H,8-9,14-15H2;2*1-3H,4H2;2*1H;;/q2*-1;;;2*-1;;;2*+2/p-2. The molecule has 0 bridgehead atoms. The first-order valence-corrected chi connectivity index (χ1v) is 34.6. The molecule has 0 fully saturated rings. The minimum absolute atomic E-state index is 0. The Hall–Kier alpha value is -5.19. The van der Waals surface area contributed by atoms with Gasteiger partial charge in [0.1, 0.15) is 0 Å². The molecule has 0 atom stereocenters. The summed E-state index contributed by atoms with van der Waals surface area (Å²) >= 11 is 3.20. The number of halogens is 2. The van der Waals surface area contributed by atoms with E-state index in [4.69, 9.17) is 0 Å². The molecule has 0 heterocycles. The molecule has 0 nitrogen and oxygen atoms in total. The first kappa shape index (κ1) is 75.5. The molecule has 4 aliphatic rings. The van der Waals surface area contributed by atoms with E-state index in [1.807, 2.05) is 24.3 Å².